The van der Waals surface area contributed by atoms with Crippen LogP contribution < -0.4 is 5.73 Å². The fourth-order valence-electron chi connectivity index (χ4n) is 0.713. The lowest BCUT2D eigenvalue weighted by Gasteiger charge is -2.07. The van der Waals surface area contributed by atoms with E-state index in [4.69, 9.17) is 10.8 Å². The number of esters is 1. The predicted octanol–water partition coefficient (Wildman–Crippen LogP) is -0.449. The average Bonchev–Trinajstić information content (AvgIpc) is 2.80. The minimum atomic E-state index is -1.23. The van der Waals surface area contributed by atoms with E-state index < -0.39 is 24.4 Å². The molecule has 0 aromatic heterocycles. The van der Waals surface area contributed by atoms with Gasteiger partial charge < -0.3 is 20.3 Å². The number of thiocarbonyl (C=S) groups is 1. The SMILES string of the molecule is COC(=S)OC(=O)C(N)CC(=O)O.O=C1CSC=N1. The number of methoxy groups -OCH3 is 1. The van der Waals surface area contributed by atoms with Crippen molar-refractivity contribution in [2.24, 2.45) is 10.7 Å². The molecule has 1 amide bonds. The number of carbonyl (C=O) groups excluding carboxylic acids is 2. The summed E-state index contributed by atoms with van der Waals surface area (Å²) in [6, 6.07) is -1.23. The van der Waals surface area contributed by atoms with E-state index in [1.165, 1.54) is 18.9 Å². The van der Waals surface area contributed by atoms with Crippen molar-refractivity contribution in [3.63, 3.8) is 0 Å². The molecule has 106 valence electrons. The van der Waals surface area contributed by atoms with Gasteiger partial charge in [-0.3, -0.25) is 9.59 Å². The zero-order valence-electron chi connectivity index (χ0n) is 9.90. The molecule has 19 heavy (non-hydrogen) atoms. The number of nitrogens with zero attached hydrogens (tertiary/aromatic N) is 1. The first-order valence-electron chi connectivity index (χ1n) is 4.80. The Balaban J connectivity index is 0.000000443. The maximum atomic E-state index is 10.9. The van der Waals surface area contributed by atoms with E-state index in [2.05, 4.69) is 26.7 Å². The fourth-order valence-corrected chi connectivity index (χ4v) is 1.28. The van der Waals surface area contributed by atoms with Crippen molar-refractivity contribution in [2.75, 3.05) is 12.9 Å². The highest BCUT2D eigenvalue weighted by atomic mass is 32.2. The van der Waals surface area contributed by atoms with Crippen LogP contribution in [0.5, 0.6) is 0 Å². The number of thioether (sulfide) groups is 1. The predicted molar refractivity (Wildman–Crippen MR) is 71.9 cm³/mol. The molecule has 0 saturated carbocycles. The summed E-state index contributed by atoms with van der Waals surface area (Å²) >= 11 is 5.84. The number of carbonyl (C=O) groups is 3. The Morgan fingerprint density at radius 1 is 1.68 bits per heavy atom. The van der Waals surface area contributed by atoms with Crippen molar-refractivity contribution in [3.8, 4) is 0 Å². The maximum Gasteiger partial charge on any atom is 0.359 e. The minimum Gasteiger partial charge on any atom is -0.481 e. The van der Waals surface area contributed by atoms with Gasteiger partial charge in [-0.2, -0.15) is 0 Å². The Bertz CT molecular complexity index is 398. The van der Waals surface area contributed by atoms with E-state index in [1.54, 1.807) is 5.55 Å². The highest BCUT2D eigenvalue weighted by molar-refractivity contribution is 8.13. The second kappa shape index (κ2) is 9.42. The summed E-state index contributed by atoms with van der Waals surface area (Å²) in [7, 11) is 1.22. The molecule has 0 aromatic carbocycles. The number of rotatable bonds is 3. The van der Waals surface area contributed by atoms with Gasteiger partial charge >= 0.3 is 17.2 Å². The van der Waals surface area contributed by atoms with Crippen LogP contribution in [0.2, 0.25) is 0 Å². The number of amides is 1. The van der Waals surface area contributed by atoms with Crippen molar-refractivity contribution >= 4 is 52.6 Å². The number of carboxylic acids is 1. The van der Waals surface area contributed by atoms with Crippen molar-refractivity contribution < 1.29 is 29.0 Å². The zero-order valence-corrected chi connectivity index (χ0v) is 11.5. The van der Waals surface area contributed by atoms with Gasteiger partial charge in [-0.05, 0) is 0 Å². The third-order valence-corrected chi connectivity index (χ3v) is 2.44. The molecule has 1 unspecified atom stereocenters. The molecule has 0 bridgehead atoms. The molecule has 1 aliphatic heterocycles. The Kier molecular flexibility index (Phi) is 8.66. The van der Waals surface area contributed by atoms with Gasteiger partial charge in [0.15, 0.2) is 0 Å². The quantitative estimate of drug-likeness (QED) is 0.526. The van der Waals surface area contributed by atoms with Crippen LogP contribution in [0.1, 0.15) is 6.42 Å². The van der Waals surface area contributed by atoms with Gasteiger partial charge in [0.25, 0.3) is 5.91 Å². The van der Waals surface area contributed by atoms with Gasteiger partial charge in [-0.1, -0.05) is 0 Å². The van der Waals surface area contributed by atoms with E-state index in [1.807, 2.05) is 0 Å². The van der Waals surface area contributed by atoms with Gasteiger partial charge in [-0.25, -0.2) is 9.79 Å². The van der Waals surface area contributed by atoms with Crippen molar-refractivity contribution in [2.45, 2.75) is 12.5 Å². The lowest BCUT2D eigenvalue weighted by molar-refractivity contribution is -0.144. The van der Waals surface area contributed by atoms with Crippen LogP contribution in [-0.4, -0.2) is 52.6 Å². The van der Waals surface area contributed by atoms with E-state index >= 15 is 0 Å². The van der Waals surface area contributed by atoms with Gasteiger partial charge in [0, 0.05) is 12.2 Å². The summed E-state index contributed by atoms with van der Waals surface area (Å²) in [4.78, 5) is 34.4. The molecule has 3 N–H and O–H groups in total. The number of aliphatic carboxylic acids is 1. The van der Waals surface area contributed by atoms with Crippen LogP contribution in [0.15, 0.2) is 4.99 Å². The Labute approximate surface area is 118 Å². The molecular weight excluding hydrogens is 296 g/mol. The normalized spacial score (nSPS) is 14.1. The van der Waals surface area contributed by atoms with Crippen molar-refractivity contribution in [1.29, 1.82) is 0 Å². The molecule has 1 heterocycles. The summed E-state index contributed by atoms with van der Waals surface area (Å²) in [5.74, 6) is -1.58. The number of nitrogens with two attached hydrogens (primary N) is 1. The minimum absolute atomic E-state index is 0.0139. The Hall–Kier alpha value is -1.52. The fraction of sp³-hybridized carbons (Fsp3) is 0.444. The molecule has 1 atom stereocenters. The van der Waals surface area contributed by atoms with Crippen LogP contribution in [-0.2, 0) is 23.9 Å². The van der Waals surface area contributed by atoms with Crippen LogP contribution in [0, 0.1) is 0 Å². The molecule has 8 nitrogen and oxygen atoms in total. The first-order valence-corrected chi connectivity index (χ1v) is 6.26. The topological polar surface area (TPSA) is 128 Å². The average molecular weight is 308 g/mol. The molecule has 1 rings (SSSR count). The molecule has 0 aliphatic carbocycles. The largest absolute Gasteiger partial charge is 0.481 e. The number of hydrogen-bond acceptors (Lipinski definition) is 8. The van der Waals surface area contributed by atoms with Crippen LogP contribution >= 0.6 is 24.0 Å². The standard InChI is InChI=1S/C6H9NO5S.C3H3NOS/c1-11-6(13)12-5(10)3(7)2-4(8)9;5-3-1-6-2-4-3/h3H,2,7H2,1H3,(H,8,9);2H,1H2. The van der Waals surface area contributed by atoms with Crippen LogP contribution in [0.25, 0.3) is 0 Å². The summed E-state index contributed by atoms with van der Waals surface area (Å²) in [5.41, 5.74) is 6.72. The maximum absolute atomic E-state index is 10.9. The molecule has 0 saturated heterocycles. The molecule has 0 fully saturated rings. The van der Waals surface area contributed by atoms with E-state index in [0.29, 0.717) is 5.75 Å². The number of ether oxygens (including phenoxy) is 2. The second-order valence-corrected chi connectivity index (χ2v) is 4.18. The highest BCUT2D eigenvalue weighted by Gasteiger charge is 2.20. The molecular formula is C9H12N2O6S2. The Morgan fingerprint density at radius 2 is 2.32 bits per heavy atom. The van der Waals surface area contributed by atoms with Gasteiger partial charge in [0.05, 0.1) is 24.8 Å². The van der Waals surface area contributed by atoms with E-state index in [0.717, 1.165) is 0 Å². The lowest BCUT2D eigenvalue weighted by Crippen LogP contribution is -2.35. The van der Waals surface area contributed by atoms with Gasteiger partial charge in [0.2, 0.25) is 0 Å². The van der Waals surface area contributed by atoms with Crippen LogP contribution in [0.3, 0.4) is 0 Å². The Morgan fingerprint density at radius 3 is 2.63 bits per heavy atom. The summed E-state index contributed by atoms with van der Waals surface area (Å²) in [6.07, 6.45) is -0.509. The van der Waals surface area contributed by atoms with E-state index in [-0.39, 0.29) is 11.1 Å². The van der Waals surface area contributed by atoms with E-state index in [9.17, 15) is 14.4 Å². The number of carboxylic acid groups (broad SMARTS) is 1. The zero-order chi connectivity index (χ0) is 14.8. The summed E-state index contributed by atoms with van der Waals surface area (Å²) in [6.45, 7) is 0. The van der Waals surface area contributed by atoms with Crippen molar-refractivity contribution in [3.05, 3.63) is 0 Å². The van der Waals surface area contributed by atoms with Gasteiger partial charge in [-0.15, -0.1) is 11.8 Å². The monoisotopic (exact) mass is 308 g/mol. The molecule has 10 heteroatoms. The third-order valence-electron chi connectivity index (χ3n) is 1.53. The smallest absolute Gasteiger partial charge is 0.359 e. The lowest BCUT2D eigenvalue weighted by atomic mass is 10.2. The molecule has 1 aliphatic rings. The molecule has 0 aromatic rings. The second-order valence-electron chi connectivity index (χ2n) is 3.02. The summed E-state index contributed by atoms with van der Waals surface area (Å²) in [5, 5.41) is 7.89. The van der Waals surface area contributed by atoms with Gasteiger partial charge in [0.1, 0.15) is 6.04 Å². The summed E-state index contributed by atoms with van der Waals surface area (Å²) < 4.78 is 8.71. The van der Waals surface area contributed by atoms with Crippen molar-refractivity contribution in [1.82, 2.24) is 0 Å². The number of hydrogen-bond donors (Lipinski definition) is 2. The number of aliphatic imine (C=N–C) groups is 1. The highest BCUT2D eigenvalue weighted by Crippen LogP contribution is 2.02. The molecule has 0 radical (unpaired) electrons. The first kappa shape index (κ1) is 17.5. The van der Waals surface area contributed by atoms with Crippen LogP contribution in [0.4, 0.5) is 0 Å². The molecule has 0 spiro atoms. The third kappa shape index (κ3) is 9.11. The first-order chi connectivity index (χ1) is 8.86.